The van der Waals surface area contributed by atoms with Crippen LogP contribution in [-0.4, -0.2) is 34.6 Å². The molecule has 16 heavy (non-hydrogen) atoms. The predicted octanol–water partition coefficient (Wildman–Crippen LogP) is 0.808. The van der Waals surface area contributed by atoms with Gasteiger partial charge in [0.2, 0.25) is 0 Å². The number of likely N-dealkylation sites (N-methyl/N-ethyl adjacent to an activating group) is 1. The summed E-state index contributed by atoms with van der Waals surface area (Å²) in [7, 11) is 1.97. The fraction of sp³-hybridized carbons (Fsp3) is 0.364. The molecule has 0 fully saturated rings. The molecular formula is C11H15N5. The molecular weight excluding hydrogens is 202 g/mol. The van der Waals surface area contributed by atoms with Crippen LogP contribution in [0.25, 0.3) is 11.2 Å². The standard InChI is InChI=1S/C11H15N5/c1-8(7-12)16(2)10-4-3-9-11(15-10)14-6-5-13-9/h3-6,8H,7,12H2,1-2H3. The quantitative estimate of drug-likeness (QED) is 0.824. The van der Waals surface area contributed by atoms with Crippen molar-refractivity contribution in [1.82, 2.24) is 15.0 Å². The molecule has 0 aliphatic heterocycles. The molecule has 0 spiro atoms. The van der Waals surface area contributed by atoms with E-state index in [2.05, 4.69) is 21.9 Å². The monoisotopic (exact) mass is 217 g/mol. The second-order valence-electron chi connectivity index (χ2n) is 3.76. The Bertz CT molecular complexity index is 485. The van der Waals surface area contributed by atoms with Gasteiger partial charge in [0.25, 0.3) is 0 Å². The van der Waals surface area contributed by atoms with E-state index in [-0.39, 0.29) is 6.04 Å². The van der Waals surface area contributed by atoms with E-state index in [1.165, 1.54) is 0 Å². The van der Waals surface area contributed by atoms with Crippen LogP contribution < -0.4 is 10.6 Å². The van der Waals surface area contributed by atoms with E-state index in [0.29, 0.717) is 12.2 Å². The lowest BCUT2D eigenvalue weighted by atomic mass is 10.3. The molecule has 0 bridgehead atoms. The maximum atomic E-state index is 5.63. The van der Waals surface area contributed by atoms with Crippen LogP contribution in [0.1, 0.15) is 6.92 Å². The maximum Gasteiger partial charge on any atom is 0.180 e. The van der Waals surface area contributed by atoms with Crippen LogP contribution in [0.15, 0.2) is 24.5 Å². The Kier molecular flexibility index (Phi) is 2.96. The average molecular weight is 217 g/mol. The summed E-state index contributed by atoms with van der Waals surface area (Å²) < 4.78 is 0. The minimum absolute atomic E-state index is 0.252. The third-order valence-electron chi connectivity index (χ3n) is 2.68. The van der Waals surface area contributed by atoms with Gasteiger partial charge in [-0.25, -0.2) is 9.97 Å². The first kappa shape index (κ1) is 10.8. The number of aromatic nitrogens is 3. The van der Waals surface area contributed by atoms with E-state index in [0.717, 1.165) is 11.3 Å². The van der Waals surface area contributed by atoms with Crippen molar-refractivity contribution in [3.05, 3.63) is 24.5 Å². The van der Waals surface area contributed by atoms with Crippen molar-refractivity contribution in [2.75, 3.05) is 18.5 Å². The topological polar surface area (TPSA) is 67.9 Å². The number of anilines is 1. The Balaban J connectivity index is 2.39. The van der Waals surface area contributed by atoms with Crippen LogP contribution in [0.5, 0.6) is 0 Å². The normalized spacial score (nSPS) is 12.7. The number of rotatable bonds is 3. The van der Waals surface area contributed by atoms with Gasteiger partial charge in [0.1, 0.15) is 11.3 Å². The van der Waals surface area contributed by atoms with Crippen molar-refractivity contribution in [3.63, 3.8) is 0 Å². The van der Waals surface area contributed by atoms with Gasteiger partial charge in [0.15, 0.2) is 5.65 Å². The summed E-state index contributed by atoms with van der Waals surface area (Å²) in [5, 5.41) is 0. The molecule has 0 saturated heterocycles. The molecule has 0 aromatic carbocycles. The lowest BCUT2D eigenvalue weighted by Gasteiger charge is -2.24. The fourth-order valence-electron chi connectivity index (χ4n) is 1.42. The van der Waals surface area contributed by atoms with Gasteiger partial charge in [0, 0.05) is 32.0 Å². The molecule has 2 rings (SSSR count). The van der Waals surface area contributed by atoms with Crippen molar-refractivity contribution in [2.24, 2.45) is 5.73 Å². The third-order valence-corrected chi connectivity index (χ3v) is 2.68. The molecule has 2 heterocycles. The molecule has 0 aliphatic carbocycles. The predicted molar refractivity (Wildman–Crippen MR) is 64.3 cm³/mol. The zero-order valence-corrected chi connectivity index (χ0v) is 9.46. The lowest BCUT2D eigenvalue weighted by Crippen LogP contribution is -2.35. The highest BCUT2D eigenvalue weighted by Crippen LogP contribution is 2.15. The Morgan fingerprint density at radius 3 is 2.81 bits per heavy atom. The smallest absolute Gasteiger partial charge is 0.180 e. The van der Waals surface area contributed by atoms with Crippen LogP contribution in [-0.2, 0) is 0 Å². The van der Waals surface area contributed by atoms with Gasteiger partial charge in [-0.2, -0.15) is 0 Å². The first-order valence-electron chi connectivity index (χ1n) is 5.23. The molecule has 84 valence electrons. The lowest BCUT2D eigenvalue weighted by molar-refractivity contribution is 0.688. The summed E-state index contributed by atoms with van der Waals surface area (Å²) >= 11 is 0. The first-order valence-corrected chi connectivity index (χ1v) is 5.23. The zero-order chi connectivity index (χ0) is 11.5. The highest BCUT2D eigenvalue weighted by atomic mass is 15.2. The SMILES string of the molecule is CC(CN)N(C)c1ccc2nccnc2n1. The Morgan fingerprint density at radius 1 is 1.31 bits per heavy atom. The molecule has 0 aliphatic rings. The van der Waals surface area contributed by atoms with E-state index < -0.39 is 0 Å². The minimum Gasteiger partial charge on any atom is -0.356 e. The van der Waals surface area contributed by atoms with Crippen LogP contribution in [0.2, 0.25) is 0 Å². The molecule has 5 heteroatoms. The molecule has 0 amide bonds. The van der Waals surface area contributed by atoms with E-state index >= 15 is 0 Å². The molecule has 2 N–H and O–H groups in total. The van der Waals surface area contributed by atoms with Crippen molar-refractivity contribution in [1.29, 1.82) is 0 Å². The molecule has 0 saturated carbocycles. The number of nitrogens with two attached hydrogens (primary N) is 1. The number of hydrogen-bond donors (Lipinski definition) is 1. The maximum absolute atomic E-state index is 5.63. The van der Waals surface area contributed by atoms with Gasteiger partial charge in [-0.3, -0.25) is 4.98 Å². The van der Waals surface area contributed by atoms with Crippen molar-refractivity contribution in [2.45, 2.75) is 13.0 Å². The van der Waals surface area contributed by atoms with Crippen LogP contribution in [0.4, 0.5) is 5.82 Å². The summed E-state index contributed by atoms with van der Waals surface area (Å²) in [5.74, 6) is 0.867. The number of nitrogens with zero attached hydrogens (tertiary/aromatic N) is 4. The summed E-state index contributed by atoms with van der Waals surface area (Å²) in [6.45, 7) is 2.65. The second-order valence-corrected chi connectivity index (χ2v) is 3.76. The van der Waals surface area contributed by atoms with Crippen LogP contribution >= 0.6 is 0 Å². The Morgan fingerprint density at radius 2 is 2.06 bits per heavy atom. The summed E-state index contributed by atoms with van der Waals surface area (Å²) in [6, 6.07) is 4.11. The van der Waals surface area contributed by atoms with Crippen molar-refractivity contribution in [3.8, 4) is 0 Å². The number of fused-ring (bicyclic) bond motifs is 1. The summed E-state index contributed by atoms with van der Waals surface area (Å²) in [4.78, 5) is 14.8. The summed E-state index contributed by atoms with van der Waals surface area (Å²) in [6.07, 6.45) is 3.31. The van der Waals surface area contributed by atoms with Gasteiger partial charge < -0.3 is 10.6 Å². The number of pyridine rings is 1. The molecule has 2 aromatic heterocycles. The average Bonchev–Trinajstić information content (AvgIpc) is 2.36. The largest absolute Gasteiger partial charge is 0.356 e. The van der Waals surface area contributed by atoms with Gasteiger partial charge >= 0.3 is 0 Å². The molecule has 0 radical (unpaired) electrons. The zero-order valence-electron chi connectivity index (χ0n) is 9.46. The fourth-order valence-corrected chi connectivity index (χ4v) is 1.42. The van der Waals surface area contributed by atoms with Crippen molar-refractivity contribution < 1.29 is 0 Å². The first-order chi connectivity index (χ1) is 7.72. The van der Waals surface area contributed by atoms with Gasteiger partial charge in [-0.1, -0.05) is 0 Å². The molecule has 1 atom stereocenters. The van der Waals surface area contributed by atoms with E-state index in [4.69, 9.17) is 5.73 Å². The highest BCUT2D eigenvalue weighted by Gasteiger charge is 2.10. The van der Waals surface area contributed by atoms with Crippen molar-refractivity contribution >= 4 is 17.0 Å². The minimum atomic E-state index is 0.252. The number of hydrogen-bond acceptors (Lipinski definition) is 5. The van der Waals surface area contributed by atoms with E-state index in [1.54, 1.807) is 12.4 Å². The van der Waals surface area contributed by atoms with Gasteiger partial charge in [-0.15, -0.1) is 0 Å². The van der Waals surface area contributed by atoms with Gasteiger partial charge in [0.05, 0.1) is 0 Å². The Labute approximate surface area is 94.3 Å². The van der Waals surface area contributed by atoms with Crippen LogP contribution in [0, 0.1) is 0 Å². The summed E-state index contributed by atoms with van der Waals surface area (Å²) in [5.41, 5.74) is 7.09. The highest BCUT2D eigenvalue weighted by molar-refractivity contribution is 5.71. The third kappa shape index (κ3) is 1.94. The second kappa shape index (κ2) is 4.40. The molecule has 5 nitrogen and oxygen atoms in total. The van der Waals surface area contributed by atoms with Crippen LogP contribution in [0.3, 0.4) is 0 Å². The van der Waals surface area contributed by atoms with Gasteiger partial charge in [-0.05, 0) is 19.1 Å². The van der Waals surface area contributed by atoms with E-state index in [9.17, 15) is 0 Å². The Hall–Kier alpha value is -1.75. The van der Waals surface area contributed by atoms with E-state index in [1.807, 2.05) is 24.1 Å². The molecule has 2 aromatic rings. The molecule has 1 unspecified atom stereocenters.